The molecular weight excluding hydrogens is 184 g/mol. The van der Waals surface area contributed by atoms with E-state index >= 15 is 0 Å². The summed E-state index contributed by atoms with van der Waals surface area (Å²) in [6.45, 7) is 3.21. The highest BCUT2D eigenvalue weighted by atomic mass is 28.2. The smallest absolute Gasteiger partial charge is 0.208 e. The van der Waals surface area contributed by atoms with Gasteiger partial charge in [0.15, 0.2) is 0 Å². The fourth-order valence-electron chi connectivity index (χ4n) is 0.713. The summed E-state index contributed by atoms with van der Waals surface area (Å²) in [6, 6.07) is 2.76. The fraction of sp³-hybridized carbons (Fsp3) is 0.750. The number of hydrogen-bond acceptors (Lipinski definition) is 4. The third kappa shape index (κ3) is 4.29. The normalized spacial score (nSPS) is 10.5. The van der Waals surface area contributed by atoms with Crippen molar-refractivity contribution in [3.8, 4) is 12.0 Å². The van der Waals surface area contributed by atoms with Crippen LogP contribution >= 0.6 is 0 Å². The molecule has 0 aliphatic heterocycles. The highest BCUT2D eigenvalue weighted by Crippen LogP contribution is 2.06. The average molecular weight is 200 g/mol. The van der Waals surface area contributed by atoms with Crippen molar-refractivity contribution in [3.63, 3.8) is 0 Å². The van der Waals surface area contributed by atoms with Gasteiger partial charge < -0.3 is 20.5 Å². The molecule has 3 N–H and O–H groups in total. The van der Waals surface area contributed by atoms with E-state index in [0.717, 1.165) is 0 Å². The predicted octanol–water partition coefficient (Wildman–Crippen LogP) is -0.805. The molecule has 0 saturated carbocycles. The van der Waals surface area contributed by atoms with Gasteiger partial charge in [-0.05, 0) is 5.92 Å². The molecule has 2 radical (unpaired) electrons. The average Bonchev–Trinajstić information content (AvgIpc) is 2.20. The minimum absolute atomic E-state index is 0.442. The summed E-state index contributed by atoms with van der Waals surface area (Å²) in [5, 5.41) is 2.85. The van der Waals surface area contributed by atoms with Crippen LogP contribution in [-0.4, -0.2) is 42.2 Å². The van der Waals surface area contributed by atoms with Gasteiger partial charge >= 0.3 is 0 Å². The van der Waals surface area contributed by atoms with Crippen molar-refractivity contribution in [2.45, 2.75) is 12.0 Å². The Morgan fingerprint density at radius 3 is 2.46 bits per heavy atom. The maximum atomic E-state index is 5.28. The number of nitrogens with one attached hydrogen (secondary N) is 1. The Bertz CT molecular complexity index is 176. The van der Waals surface area contributed by atoms with Crippen LogP contribution in [0, 0.1) is 12.0 Å². The molecule has 13 heavy (non-hydrogen) atoms. The van der Waals surface area contributed by atoms with Crippen molar-refractivity contribution in [1.82, 2.24) is 5.32 Å². The minimum Gasteiger partial charge on any atom is -0.347 e. The van der Waals surface area contributed by atoms with Crippen molar-refractivity contribution in [3.05, 3.63) is 0 Å². The number of ether oxygens (including phenoxy) is 2. The second-order valence-electron chi connectivity index (χ2n) is 2.24. The Morgan fingerprint density at radius 1 is 1.46 bits per heavy atom. The molecule has 0 aliphatic carbocycles. The van der Waals surface area contributed by atoms with Gasteiger partial charge in [0, 0.05) is 33.4 Å². The van der Waals surface area contributed by atoms with E-state index in [0.29, 0.717) is 22.6 Å². The van der Waals surface area contributed by atoms with Crippen molar-refractivity contribution >= 4 is 9.52 Å². The largest absolute Gasteiger partial charge is 0.347 e. The minimum atomic E-state index is -0.762. The molecule has 0 saturated heterocycles. The summed E-state index contributed by atoms with van der Waals surface area (Å²) in [7, 11) is 3.60. The molecule has 0 unspecified atom stereocenters. The van der Waals surface area contributed by atoms with Gasteiger partial charge in [0.25, 0.3) is 0 Å². The summed E-state index contributed by atoms with van der Waals surface area (Å²) in [5.41, 5.74) is 4.52. The van der Waals surface area contributed by atoms with E-state index in [9.17, 15) is 0 Å². The van der Waals surface area contributed by atoms with Crippen LogP contribution in [0.25, 0.3) is 0 Å². The summed E-state index contributed by atoms with van der Waals surface area (Å²) in [6.07, 6.45) is 0. The second kappa shape index (κ2) is 6.92. The highest BCUT2D eigenvalue weighted by molar-refractivity contribution is 6.38. The van der Waals surface area contributed by atoms with E-state index in [4.69, 9.17) is 15.2 Å². The standard InChI is InChI=1S/C8H16N2O2Si/c1-11-8(12-2,13-3)4-6-10-7-5-9/h10H,5,7,9H2,1-3H3. The SMILES string of the molecule is COC(C#CNCCN)(OC)[Si]C. The van der Waals surface area contributed by atoms with E-state index in [1.807, 2.05) is 6.55 Å². The molecule has 0 atom stereocenters. The summed E-state index contributed by atoms with van der Waals surface area (Å²) >= 11 is 0. The van der Waals surface area contributed by atoms with Crippen molar-refractivity contribution in [1.29, 1.82) is 0 Å². The number of nitrogens with two attached hydrogens (primary N) is 1. The zero-order chi connectivity index (χ0) is 10.2. The van der Waals surface area contributed by atoms with Crippen molar-refractivity contribution in [2.75, 3.05) is 27.3 Å². The summed E-state index contributed by atoms with van der Waals surface area (Å²) in [4.78, 5) is 0. The lowest BCUT2D eigenvalue weighted by Crippen LogP contribution is -2.38. The summed E-state index contributed by atoms with van der Waals surface area (Å²) in [5.74, 6) is 2.87. The predicted molar refractivity (Wildman–Crippen MR) is 53.2 cm³/mol. The molecule has 0 aromatic carbocycles. The maximum Gasteiger partial charge on any atom is 0.208 e. The topological polar surface area (TPSA) is 56.5 Å². The highest BCUT2D eigenvalue weighted by Gasteiger charge is 2.24. The molecule has 5 heteroatoms. The molecule has 0 amide bonds. The molecule has 0 aromatic heterocycles. The van der Waals surface area contributed by atoms with Crippen molar-refractivity contribution in [2.24, 2.45) is 5.73 Å². The van der Waals surface area contributed by atoms with Crippen molar-refractivity contribution < 1.29 is 9.47 Å². The first-order valence-electron chi connectivity index (χ1n) is 3.99. The molecule has 0 spiro atoms. The van der Waals surface area contributed by atoms with Gasteiger partial charge in [0.2, 0.25) is 5.41 Å². The first kappa shape index (κ1) is 12.5. The molecule has 0 aliphatic rings. The maximum absolute atomic E-state index is 5.28. The molecule has 0 fully saturated rings. The van der Waals surface area contributed by atoms with Gasteiger partial charge in [-0.2, -0.15) is 0 Å². The monoisotopic (exact) mass is 200 g/mol. The van der Waals surface area contributed by atoms with Gasteiger partial charge in [-0.1, -0.05) is 6.55 Å². The lowest BCUT2D eigenvalue weighted by molar-refractivity contribution is -0.100. The number of rotatable bonds is 5. The van der Waals surface area contributed by atoms with Gasteiger partial charge in [-0.25, -0.2) is 0 Å². The van der Waals surface area contributed by atoms with E-state index < -0.39 is 5.41 Å². The Morgan fingerprint density at radius 2 is 2.08 bits per heavy atom. The van der Waals surface area contributed by atoms with Gasteiger partial charge in [0.05, 0.1) is 0 Å². The zero-order valence-electron chi connectivity index (χ0n) is 8.31. The lowest BCUT2D eigenvalue weighted by atomic mass is 10.6. The van der Waals surface area contributed by atoms with Gasteiger partial charge in [-0.15, -0.1) is 0 Å². The molecule has 74 valence electrons. The molecule has 4 nitrogen and oxygen atoms in total. The third-order valence-corrected chi connectivity index (χ3v) is 2.68. The Hall–Kier alpha value is -0.543. The van der Waals surface area contributed by atoms with Crippen LogP contribution < -0.4 is 11.1 Å². The molecule has 0 bridgehead atoms. The third-order valence-electron chi connectivity index (χ3n) is 1.49. The van der Waals surface area contributed by atoms with E-state index in [-0.39, 0.29) is 0 Å². The van der Waals surface area contributed by atoms with Crippen LogP contribution in [0.5, 0.6) is 0 Å². The lowest BCUT2D eigenvalue weighted by Gasteiger charge is -2.22. The van der Waals surface area contributed by atoms with E-state index in [1.54, 1.807) is 14.2 Å². The first-order chi connectivity index (χ1) is 6.24. The van der Waals surface area contributed by atoms with Crippen LogP contribution in [0.4, 0.5) is 0 Å². The molecular formula is C8H16N2O2Si. The fourth-order valence-corrected chi connectivity index (χ4v) is 1.31. The van der Waals surface area contributed by atoms with Crippen LogP contribution in [0.2, 0.25) is 6.55 Å². The van der Waals surface area contributed by atoms with Crippen LogP contribution in [0.15, 0.2) is 0 Å². The zero-order valence-corrected chi connectivity index (χ0v) is 9.31. The number of methoxy groups -OCH3 is 2. The van der Waals surface area contributed by atoms with Crippen LogP contribution in [0.3, 0.4) is 0 Å². The Kier molecular flexibility index (Phi) is 6.63. The quantitative estimate of drug-likeness (QED) is 0.200. The van der Waals surface area contributed by atoms with E-state index in [2.05, 4.69) is 17.3 Å². The molecule has 0 rings (SSSR count). The molecule has 0 heterocycles. The Labute approximate surface area is 82.0 Å². The summed E-state index contributed by atoms with van der Waals surface area (Å²) < 4.78 is 10.3. The van der Waals surface area contributed by atoms with E-state index in [1.165, 1.54) is 0 Å². The van der Waals surface area contributed by atoms with Crippen LogP contribution in [-0.2, 0) is 9.47 Å². The first-order valence-corrected chi connectivity index (χ1v) is 5.49. The Balaban J connectivity index is 4.11. The second-order valence-corrected chi connectivity index (χ2v) is 3.40. The van der Waals surface area contributed by atoms with Crippen LogP contribution in [0.1, 0.15) is 0 Å². The molecule has 0 aromatic rings. The van der Waals surface area contributed by atoms with Gasteiger partial charge in [-0.3, -0.25) is 0 Å². The number of hydrogen-bond donors (Lipinski definition) is 2. The van der Waals surface area contributed by atoms with Gasteiger partial charge in [0.1, 0.15) is 9.52 Å².